The molecule has 0 spiro atoms. The molecule has 4 heteroatoms. The van der Waals surface area contributed by atoms with Gasteiger partial charge in [0.2, 0.25) is 0 Å². The van der Waals surface area contributed by atoms with Crippen LogP contribution in [0.3, 0.4) is 0 Å². The molecule has 4 nitrogen and oxygen atoms in total. The quantitative estimate of drug-likeness (QED) is 0.902. The van der Waals surface area contributed by atoms with Crippen LogP contribution in [0.2, 0.25) is 0 Å². The molecule has 1 aliphatic heterocycles. The largest absolute Gasteiger partial charge is 0.373 e. The van der Waals surface area contributed by atoms with Gasteiger partial charge in [-0.25, -0.2) is 4.98 Å². The highest BCUT2D eigenvalue weighted by atomic mass is 16.2. The van der Waals surface area contributed by atoms with E-state index < -0.39 is 0 Å². The molecule has 1 atom stereocenters. The van der Waals surface area contributed by atoms with Gasteiger partial charge in [-0.3, -0.25) is 4.79 Å². The van der Waals surface area contributed by atoms with Crippen LogP contribution in [0.5, 0.6) is 0 Å². The average Bonchev–Trinajstić information content (AvgIpc) is 2.86. The standard InChI is InChI=1S/C16H25N3O/c1-11-8-12(9-14(17-5)18-11)15(20)19-7-6-13(10-19)16(2,3)4/h8-9,13H,6-7,10H2,1-5H3,(H,17,18). The summed E-state index contributed by atoms with van der Waals surface area (Å²) in [5.74, 6) is 1.46. The first-order valence-corrected chi connectivity index (χ1v) is 7.27. The second kappa shape index (κ2) is 5.43. The SMILES string of the molecule is CNc1cc(C(=O)N2CCC(C(C)(C)C)C2)cc(C)n1. The Balaban J connectivity index is 2.15. The Morgan fingerprint density at radius 3 is 2.65 bits per heavy atom. The Hall–Kier alpha value is -1.58. The number of carbonyl (C=O) groups excluding carboxylic acids is 1. The summed E-state index contributed by atoms with van der Waals surface area (Å²) >= 11 is 0. The van der Waals surface area contributed by atoms with Crippen molar-refractivity contribution in [3.63, 3.8) is 0 Å². The van der Waals surface area contributed by atoms with Gasteiger partial charge < -0.3 is 10.2 Å². The minimum absolute atomic E-state index is 0.124. The van der Waals surface area contributed by atoms with E-state index in [1.165, 1.54) is 0 Å². The fourth-order valence-corrected chi connectivity index (χ4v) is 2.75. The van der Waals surface area contributed by atoms with Crippen LogP contribution in [-0.2, 0) is 0 Å². The van der Waals surface area contributed by atoms with Crippen molar-refractivity contribution in [2.24, 2.45) is 11.3 Å². The molecule has 1 N–H and O–H groups in total. The van der Waals surface area contributed by atoms with E-state index in [9.17, 15) is 4.79 Å². The van der Waals surface area contributed by atoms with Gasteiger partial charge in [0.05, 0.1) is 0 Å². The Labute approximate surface area is 121 Å². The average molecular weight is 275 g/mol. The number of carbonyl (C=O) groups is 1. The molecule has 1 aromatic rings. The summed E-state index contributed by atoms with van der Waals surface area (Å²) in [5.41, 5.74) is 1.86. The van der Waals surface area contributed by atoms with Crippen molar-refractivity contribution in [2.75, 3.05) is 25.5 Å². The molecule has 1 unspecified atom stereocenters. The molecule has 1 saturated heterocycles. The summed E-state index contributed by atoms with van der Waals surface area (Å²) in [6.45, 7) is 10.4. The third kappa shape index (κ3) is 3.11. The maximum absolute atomic E-state index is 12.6. The van der Waals surface area contributed by atoms with Gasteiger partial charge in [-0.2, -0.15) is 0 Å². The van der Waals surface area contributed by atoms with Gasteiger partial charge in [0.25, 0.3) is 5.91 Å². The van der Waals surface area contributed by atoms with Gasteiger partial charge in [-0.05, 0) is 36.8 Å². The number of nitrogens with one attached hydrogen (secondary N) is 1. The number of anilines is 1. The lowest BCUT2D eigenvalue weighted by molar-refractivity contribution is 0.0776. The molecule has 110 valence electrons. The summed E-state index contributed by atoms with van der Waals surface area (Å²) < 4.78 is 0. The van der Waals surface area contributed by atoms with Gasteiger partial charge >= 0.3 is 0 Å². The summed E-state index contributed by atoms with van der Waals surface area (Å²) in [6.07, 6.45) is 1.10. The maximum Gasteiger partial charge on any atom is 0.254 e. The first-order valence-electron chi connectivity index (χ1n) is 7.27. The highest BCUT2D eigenvalue weighted by molar-refractivity contribution is 5.95. The van der Waals surface area contributed by atoms with Gasteiger partial charge in [-0.1, -0.05) is 20.8 Å². The van der Waals surface area contributed by atoms with Crippen LogP contribution < -0.4 is 5.32 Å². The number of rotatable bonds is 2. The van der Waals surface area contributed by atoms with Crippen LogP contribution in [0.1, 0.15) is 43.2 Å². The zero-order chi connectivity index (χ0) is 14.9. The fourth-order valence-electron chi connectivity index (χ4n) is 2.75. The molecule has 1 amide bonds. The number of amides is 1. The third-order valence-electron chi connectivity index (χ3n) is 4.16. The minimum Gasteiger partial charge on any atom is -0.373 e. The van der Waals surface area contributed by atoms with Crippen LogP contribution in [-0.4, -0.2) is 35.9 Å². The van der Waals surface area contributed by atoms with E-state index in [0.717, 1.165) is 36.6 Å². The topological polar surface area (TPSA) is 45.2 Å². The van der Waals surface area contributed by atoms with Gasteiger partial charge in [-0.15, -0.1) is 0 Å². The van der Waals surface area contributed by atoms with E-state index in [1.54, 1.807) is 0 Å². The Bertz CT molecular complexity index is 505. The Kier molecular flexibility index (Phi) is 4.02. The Morgan fingerprint density at radius 2 is 2.10 bits per heavy atom. The maximum atomic E-state index is 12.6. The Morgan fingerprint density at radius 1 is 1.40 bits per heavy atom. The monoisotopic (exact) mass is 275 g/mol. The van der Waals surface area contributed by atoms with Crippen molar-refractivity contribution in [3.05, 3.63) is 23.4 Å². The number of pyridine rings is 1. The summed E-state index contributed by atoms with van der Waals surface area (Å²) in [6, 6.07) is 3.70. The molecular formula is C16H25N3O. The first kappa shape index (κ1) is 14.8. The van der Waals surface area contributed by atoms with Crippen molar-refractivity contribution >= 4 is 11.7 Å². The molecule has 0 saturated carbocycles. The lowest BCUT2D eigenvalue weighted by Gasteiger charge is -2.27. The van der Waals surface area contributed by atoms with Crippen LogP contribution >= 0.6 is 0 Å². The van der Waals surface area contributed by atoms with Crippen molar-refractivity contribution in [2.45, 2.75) is 34.1 Å². The number of aryl methyl sites for hydroxylation is 1. The van der Waals surface area contributed by atoms with Crippen LogP contribution in [0.4, 0.5) is 5.82 Å². The first-order chi connectivity index (χ1) is 9.31. The molecule has 2 rings (SSSR count). The molecule has 2 heterocycles. The number of aromatic nitrogens is 1. The predicted molar refractivity (Wildman–Crippen MR) is 82.0 cm³/mol. The van der Waals surface area contributed by atoms with E-state index in [0.29, 0.717) is 5.92 Å². The molecule has 1 aliphatic rings. The van der Waals surface area contributed by atoms with Crippen molar-refractivity contribution in [1.29, 1.82) is 0 Å². The smallest absolute Gasteiger partial charge is 0.254 e. The molecule has 0 aliphatic carbocycles. The zero-order valence-electron chi connectivity index (χ0n) is 13.2. The van der Waals surface area contributed by atoms with Crippen LogP contribution in [0.25, 0.3) is 0 Å². The molecular weight excluding hydrogens is 250 g/mol. The van der Waals surface area contributed by atoms with Gasteiger partial charge in [0.15, 0.2) is 0 Å². The lowest BCUT2D eigenvalue weighted by atomic mass is 9.80. The minimum atomic E-state index is 0.124. The van der Waals surface area contributed by atoms with E-state index in [4.69, 9.17) is 0 Å². The van der Waals surface area contributed by atoms with Crippen LogP contribution in [0, 0.1) is 18.3 Å². The fraction of sp³-hybridized carbons (Fsp3) is 0.625. The molecule has 1 fully saturated rings. The summed E-state index contributed by atoms with van der Waals surface area (Å²) in [7, 11) is 1.82. The normalized spacial score (nSPS) is 19.2. The highest BCUT2D eigenvalue weighted by Crippen LogP contribution is 2.34. The number of likely N-dealkylation sites (tertiary alicyclic amines) is 1. The van der Waals surface area contributed by atoms with E-state index in [2.05, 4.69) is 31.1 Å². The van der Waals surface area contributed by atoms with Gasteiger partial charge in [0.1, 0.15) is 5.82 Å². The molecule has 1 aromatic heterocycles. The molecule has 20 heavy (non-hydrogen) atoms. The molecule has 0 radical (unpaired) electrons. The lowest BCUT2D eigenvalue weighted by Crippen LogP contribution is -2.31. The van der Waals surface area contributed by atoms with Crippen molar-refractivity contribution < 1.29 is 4.79 Å². The van der Waals surface area contributed by atoms with Crippen molar-refractivity contribution in [3.8, 4) is 0 Å². The third-order valence-corrected chi connectivity index (χ3v) is 4.16. The molecule has 0 aromatic carbocycles. The second-order valence-corrected chi connectivity index (χ2v) is 6.74. The van der Waals surface area contributed by atoms with Crippen molar-refractivity contribution in [1.82, 2.24) is 9.88 Å². The number of hydrogen-bond donors (Lipinski definition) is 1. The predicted octanol–water partition coefficient (Wildman–Crippen LogP) is 2.94. The highest BCUT2D eigenvalue weighted by Gasteiger charge is 2.34. The number of hydrogen-bond acceptors (Lipinski definition) is 3. The van der Waals surface area contributed by atoms with E-state index in [1.807, 2.05) is 31.0 Å². The summed E-state index contributed by atoms with van der Waals surface area (Å²) in [4.78, 5) is 18.9. The van der Waals surface area contributed by atoms with Gasteiger partial charge in [0, 0.05) is 31.4 Å². The zero-order valence-corrected chi connectivity index (χ0v) is 13.2. The van der Waals surface area contributed by atoms with E-state index >= 15 is 0 Å². The molecule has 0 bridgehead atoms. The number of nitrogens with zero attached hydrogens (tertiary/aromatic N) is 2. The summed E-state index contributed by atoms with van der Waals surface area (Å²) in [5, 5.41) is 3.00. The second-order valence-electron chi connectivity index (χ2n) is 6.74. The van der Waals surface area contributed by atoms with E-state index in [-0.39, 0.29) is 11.3 Å². The van der Waals surface area contributed by atoms with Crippen LogP contribution in [0.15, 0.2) is 12.1 Å².